The van der Waals surface area contributed by atoms with Gasteiger partial charge in [0.2, 0.25) is 0 Å². The summed E-state index contributed by atoms with van der Waals surface area (Å²) < 4.78 is 0. The molecule has 0 aromatic rings. The Morgan fingerprint density at radius 3 is 2.56 bits per heavy atom. The first-order chi connectivity index (χ1) is 8.85. The van der Waals surface area contributed by atoms with Crippen LogP contribution in [0.3, 0.4) is 0 Å². The van der Waals surface area contributed by atoms with Gasteiger partial charge in [-0.2, -0.15) is 0 Å². The lowest BCUT2D eigenvalue weighted by atomic mass is 10.1. The molecule has 1 saturated carbocycles. The third-order valence-electron chi connectivity index (χ3n) is 4.11. The van der Waals surface area contributed by atoms with Crippen LogP contribution >= 0.6 is 0 Å². The van der Waals surface area contributed by atoms with Crippen molar-refractivity contribution in [2.45, 2.75) is 31.8 Å². The van der Waals surface area contributed by atoms with Gasteiger partial charge in [0.1, 0.15) is 0 Å². The summed E-state index contributed by atoms with van der Waals surface area (Å²) in [4.78, 5) is 9.93. The fourth-order valence-electron chi connectivity index (χ4n) is 2.84. The number of piperazine rings is 3. The first-order valence-corrected chi connectivity index (χ1v) is 7.36. The van der Waals surface area contributed by atoms with Crippen molar-refractivity contribution in [3.63, 3.8) is 0 Å². The van der Waals surface area contributed by atoms with Gasteiger partial charge in [-0.05, 0) is 19.8 Å². The van der Waals surface area contributed by atoms with Crippen LogP contribution < -0.4 is 10.6 Å². The van der Waals surface area contributed by atoms with Crippen LogP contribution in [0.2, 0.25) is 0 Å². The van der Waals surface area contributed by atoms with E-state index in [2.05, 4.69) is 27.4 Å². The maximum absolute atomic E-state index is 4.76. The Hall–Kier alpha value is -0.810. The Morgan fingerprint density at radius 1 is 1.22 bits per heavy atom. The fraction of sp³-hybridized carbons (Fsp3) is 0.923. The summed E-state index contributed by atoms with van der Waals surface area (Å²) in [5.74, 6) is 1.01. The van der Waals surface area contributed by atoms with E-state index in [0.717, 1.165) is 19.0 Å². The monoisotopic (exact) mass is 251 g/mol. The molecule has 0 radical (unpaired) electrons. The number of nitrogens with one attached hydrogen (secondary N) is 2. The Kier molecular flexibility index (Phi) is 3.70. The Balaban J connectivity index is 1.53. The Bertz CT molecular complexity index is 305. The van der Waals surface area contributed by atoms with Gasteiger partial charge >= 0.3 is 0 Å². The van der Waals surface area contributed by atoms with Gasteiger partial charge in [0, 0.05) is 51.4 Å². The SMILES string of the molecule is CCNC(=NCC1CN2CCN1CC2)NC1CC1. The van der Waals surface area contributed by atoms with E-state index in [-0.39, 0.29) is 0 Å². The lowest BCUT2D eigenvalue weighted by molar-refractivity contribution is 0.0174. The smallest absolute Gasteiger partial charge is 0.191 e. The molecule has 4 rings (SSSR count). The summed E-state index contributed by atoms with van der Waals surface area (Å²) >= 11 is 0. The van der Waals surface area contributed by atoms with Crippen molar-refractivity contribution >= 4 is 5.96 Å². The zero-order chi connectivity index (χ0) is 12.4. The Morgan fingerprint density at radius 2 is 2.00 bits per heavy atom. The van der Waals surface area contributed by atoms with Crippen LogP contribution in [0.4, 0.5) is 0 Å². The standard InChI is InChI=1S/C13H25N5/c1-2-14-13(16-11-3-4-11)15-9-12-10-17-5-7-18(12)8-6-17/h11-12H,2-10H2,1H3,(H2,14,15,16). The van der Waals surface area contributed by atoms with Gasteiger partial charge in [-0.15, -0.1) is 0 Å². The summed E-state index contributed by atoms with van der Waals surface area (Å²) in [6.45, 7) is 10.2. The first-order valence-electron chi connectivity index (χ1n) is 7.36. The number of nitrogens with zero attached hydrogens (tertiary/aromatic N) is 3. The van der Waals surface area contributed by atoms with Crippen molar-refractivity contribution < 1.29 is 0 Å². The molecule has 5 nitrogen and oxygen atoms in total. The Labute approximate surface area is 110 Å². The molecule has 1 unspecified atom stereocenters. The minimum Gasteiger partial charge on any atom is -0.357 e. The van der Waals surface area contributed by atoms with Crippen LogP contribution in [0, 0.1) is 0 Å². The van der Waals surface area contributed by atoms with Crippen molar-refractivity contribution in [2.24, 2.45) is 4.99 Å². The highest BCUT2D eigenvalue weighted by Gasteiger charge is 2.31. The molecule has 3 heterocycles. The molecule has 1 aliphatic carbocycles. The predicted molar refractivity (Wildman–Crippen MR) is 73.9 cm³/mol. The molecular formula is C13H25N5. The third-order valence-corrected chi connectivity index (χ3v) is 4.11. The molecule has 5 heteroatoms. The lowest BCUT2D eigenvalue weighted by Gasteiger charge is -2.47. The summed E-state index contributed by atoms with van der Waals surface area (Å²) in [7, 11) is 0. The summed E-state index contributed by atoms with van der Waals surface area (Å²) in [5.41, 5.74) is 0. The van der Waals surface area contributed by atoms with Crippen molar-refractivity contribution in [3.8, 4) is 0 Å². The van der Waals surface area contributed by atoms with Crippen molar-refractivity contribution in [2.75, 3.05) is 45.8 Å². The van der Waals surface area contributed by atoms with Gasteiger partial charge in [0.25, 0.3) is 0 Å². The zero-order valence-corrected chi connectivity index (χ0v) is 11.4. The number of rotatable bonds is 4. The van der Waals surface area contributed by atoms with Crippen LogP contribution in [0.5, 0.6) is 0 Å². The maximum atomic E-state index is 4.76. The van der Waals surface area contributed by atoms with Crippen molar-refractivity contribution in [3.05, 3.63) is 0 Å². The quantitative estimate of drug-likeness (QED) is 0.532. The molecule has 3 aliphatic heterocycles. The fourth-order valence-corrected chi connectivity index (χ4v) is 2.84. The van der Waals surface area contributed by atoms with Crippen LogP contribution in [-0.2, 0) is 0 Å². The molecule has 0 aromatic heterocycles. The zero-order valence-electron chi connectivity index (χ0n) is 11.4. The van der Waals surface area contributed by atoms with Gasteiger partial charge < -0.3 is 10.6 Å². The molecule has 0 spiro atoms. The highest BCUT2D eigenvalue weighted by atomic mass is 15.3. The second-order valence-corrected chi connectivity index (χ2v) is 5.63. The molecule has 3 saturated heterocycles. The molecule has 2 bridgehead atoms. The van der Waals surface area contributed by atoms with E-state index in [1.807, 2.05) is 0 Å². The molecular weight excluding hydrogens is 226 g/mol. The number of hydrogen-bond acceptors (Lipinski definition) is 3. The van der Waals surface area contributed by atoms with Crippen LogP contribution in [0.25, 0.3) is 0 Å². The average Bonchev–Trinajstić information content (AvgIpc) is 3.22. The number of guanidine groups is 1. The molecule has 102 valence electrons. The second kappa shape index (κ2) is 5.45. The van der Waals surface area contributed by atoms with E-state index in [0.29, 0.717) is 12.1 Å². The average molecular weight is 251 g/mol. The maximum Gasteiger partial charge on any atom is 0.191 e. The lowest BCUT2D eigenvalue weighted by Crippen LogP contribution is -2.62. The third kappa shape index (κ3) is 2.95. The molecule has 18 heavy (non-hydrogen) atoms. The van der Waals surface area contributed by atoms with E-state index >= 15 is 0 Å². The van der Waals surface area contributed by atoms with Gasteiger partial charge in [-0.3, -0.25) is 14.8 Å². The molecule has 4 aliphatic rings. The number of hydrogen-bond donors (Lipinski definition) is 2. The van der Waals surface area contributed by atoms with Crippen molar-refractivity contribution in [1.29, 1.82) is 0 Å². The molecule has 1 atom stereocenters. The second-order valence-electron chi connectivity index (χ2n) is 5.63. The minimum atomic E-state index is 0.627. The topological polar surface area (TPSA) is 42.9 Å². The molecule has 4 fully saturated rings. The minimum absolute atomic E-state index is 0.627. The molecule has 2 N–H and O–H groups in total. The number of aliphatic imine (C=N–C) groups is 1. The predicted octanol–water partition coefficient (Wildman–Crippen LogP) is -0.296. The van der Waals surface area contributed by atoms with Gasteiger partial charge in [-0.1, -0.05) is 0 Å². The van der Waals surface area contributed by atoms with Gasteiger partial charge in [-0.25, -0.2) is 0 Å². The first kappa shape index (κ1) is 12.2. The van der Waals surface area contributed by atoms with Crippen LogP contribution in [0.1, 0.15) is 19.8 Å². The van der Waals surface area contributed by atoms with Gasteiger partial charge in [0.15, 0.2) is 5.96 Å². The molecule has 0 aromatic carbocycles. The van der Waals surface area contributed by atoms with Crippen molar-refractivity contribution in [1.82, 2.24) is 20.4 Å². The van der Waals surface area contributed by atoms with E-state index in [4.69, 9.17) is 4.99 Å². The summed E-state index contributed by atoms with van der Waals surface area (Å²) in [5, 5.41) is 6.83. The summed E-state index contributed by atoms with van der Waals surface area (Å²) in [6, 6.07) is 1.30. The van der Waals surface area contributed by atoms with E-state index in [1.54, 1.807) is 0 Å². The van der Waals surface area contributed by atoms with Crippen LogP contribution in [-0.4, -0.2) is 73.7 Å². The largest absolute Gasteiger partial charge is 0.357 e. The van der Waals surface area contributed by atoms with E-state index < -0.39 is 0 Å². The van der Waals surface area contributed by atoms with Crippen LogP contribution in [0.15, 0.2) is 4.99 Å². The highest BCUT2D eigenvalue weighted by Crippen LogP contribution is 2.18. The van der Waals surface area contributed by atoms with E-state index in [1.165, 1.54) is 45.6 Å². The normalized spacial score (nSPS) is 35.6. The summed E-state index contributed by atoms with van der Waals surface area (Å²) in [6.07, 6.45) is 2.60. The van der Waals surface area contributed by atoms with E-state index in [9.17, 15) is 0 Å². The number of fused-ring (bicyclic) bond motifs is 3. The highest BCUT2D eigenvalue weighted by molar-refractivity contribution is 5.80. The molecule has 0 amide bonds. The van der Waals surface area contributed by atoms with Gasteiger partial charge in [0.05, 0.1) is 6.54 Å².